The molecule has 1 aromatic heterocycles. The smallest absolute Gasteiger partial charge is 0.226 e. The molecule has 2 N–H and O–H groups in total. The van der Waals surface area contributed by atoms with Crippen molar-refractivity contribution in [1.82, 2.24) is 15.6 Å². The lowest BCUT2D eigenvalue weighted by Gasteiger charge is -2.12. The second kappa shape index (κ2) is 11.0. The van der Waals surface area contributed by atoms with Crippen LogP contribution in [0.25, 0.3) is 11.5 Å². The Balaban J connectivity index is 0.00000264. The monoisotopic (exact) mass is 377 g/mol. The molecule has 0 unspecified atom stereocenters. The van der Waals surface area contributed by atoms with E-state index in [1.165, 1.54) is 18.4 Å². The molecule has 0 radical (unpaired) electrons. The first-order valence-corrected chi connectivity index (χ1v) is 7.29. The first-order valence-electron chi connectivity index (χ1n) is 7.29. The van der Waals surface area contributed by atoms with Gasteiger partial charge < -0.3 is 15.1 Å². The Bertz CT molecular complexity index is 620. The molecular weight excluding hydrogens is 356 g/mol. The van der Waals surface area contributed by atoms with E-state index in [9.17, 15) is 9.18 Å². The van der Waals surface area contributed by atoms with E-state index >= 15 is 0 Å². The zero-order valence-electron chi connectivity index (χ0n) is 13.5. The van der Waals surface area contributed by atoms with Crippen molar-refractivity contribution < 1.29 is 13.6 Å². The van der Waals surface area contributed by atoms with Crippen molar-refractivity contribution in [2.24, 2.45) is 0 Å². The van der Waals surface area contributed by atoms with Gasteiger partial charge in [-0.2, -0.15) is 0 Å². The Hall–Kier alpha value is -1.63. The number of carbonyl (C=O) groups is 1. The fourth-order valence-corrected chi connectivity index (χ4v) is 2.03. The standard InChI is InChI=1S/C16H20FN3O2.2ClH/c1-3-18-11(2)9-19-15(21)8-14-10-22-16(20-14)12-4-6-13(17)7-5-12;;/h4-7,10-11,18H,3,8-9H2,1-2H3,(H,19,21);2*1H/t11-;;/m1../s1. The number of hydrogen-bond donors (Lipinski definition) is 2. The van der Waals surface area contributed by atoms with Crippen LogP contribution in [0.2, 0.25) is 0 Å². The van der Waals surface area contributed by atoms with Crippen molar-refractivity contribution in [1.29, 1.82) is 0 Å². The Morgan fingerprint density at radius 3 is 2.58 bits per heavy atom. The fraction of sp³-hybridized carbons (Fsp3) is 0.375. The number of carbonyl (C=O) groups excluding carboxylic acids is 1. The summed E-state index contributed by atoms with van der Waals surface area (Å²) in [5.74, 6) is -0.0442. The molecule has 5 nitrogen and oxygen atoms in total. The van der Waals surface area contributed by atoms with Crippen LogP contribution in [0.5, 0.6) is 0 Å². The molecule has 0 fully saturated rings. The van der Waals surface area contributed by atoms with Gasteiger partial charge in [0.05, 0.1) is 12.1 Å². The molecule has 2 aromatic rings. The Labute approximate surface area is 153 Å². The number of amides is 1. The largest absolute Gasteiger partial charge is 0.444 e. The minimum Gasteiger partial charge on any atom is -0.444 e. The van der Waals surface area contributed by atoms with Gasteiger partial charge in [0.1, 0.15) is 12.1 Å². The first kappa shape index (κ1) is 22.4. The first-order chi connectivity index (χ1) is 10.6. The summed E-state index contributed by atoms with van der Waals surface area (Å²) >= 11 is 0. The number of likely N-dealkylation sites (N-methyl/N-ethyl adjacent to an activating group) is 1. The van der Waals surface area contributed by atoms with Crippen molar-refractivity contribution in [3.05, 3.63) is 42.0 Å². The molecule has 0 spiro atoms. The van der Waals surface area contributed by atoms with E-state index in [-0.39, 0.29) is 49.0 Å². The summed E-state index contributed by atoms with van der Waals surface area (Å²) in [6.45, 7) is 5.45. The molecule has 0 aliphatic carbocycles. The van der Waals surface area contributed by atoms with Gasteiger partial charge in [-0.05, 0) is 37.7 Å². The number of nitrogens with zero attached hydrogens (tertiary/aromatic N) is 1. The molecule has 0 bridgehead atoms. The zero-order valence-corrected chi connectivity index (χ0v) is 15.2. The van der Waals surface area contributed by atoms with Gasteiger partial charge in [-0.25, -0.2) is 9.37 Å². The molecule has 134 valence electrons. The van der Waals surface area contributed by atoms with Gasteiger partial charge in [0.25, 0.3) is 0 Å². The Kier molecular flexibility index (Phi) is 10.3. The molecule has 0 saturated heterocycles. The average Bonchev–Trinajstić information content (AvgIpc) is 2.95. The van der Waals surface area contributed by atoms with E-state index in [2.05, 4.69) is 15.6 Å². The summed E-state index contributed by atoms with van der Waals surface area (Å²) in [7, 11) is 0. The Morgan fingerprint density at radius 1 is 1.29 bits per heavy atom. The third-order valence-corrected chi connectivity index (χ3v) is 3.14. The summed E-state index contributed by atoms with van der Waals surface area (Å²) in [6, 6.07) is 6.08. The number of nitrogens with one attached hydrogen (secondary N) is 2. The molecule has 1 atom stereocenters. The molecule has 1 aromatic carbocycles. The molecule has 0 saturated carbocycles. The lowest BCUT2D eigenvalue weighted by molar-refractivity contribution is -0.120. The predicted octanol–water partition coefficient (Wildman–Crippen LogP) is 2.98. The van der Waals surface area contributed by atoms with Crippen molar-refractivity contribution >= 4 is 30.7 Å². The van der Waals surface area contributed by atoms with Crippen molar-refractivity contribution in [2.45, 2.75) is 26.3 Å². The maximum Gasteiger partial charge on any atom is 0.226 e. The third-order valence-electron chi connectivity index (χ3n) is 3.14. The van der Waals surface area contributed by atoms with E-state index in [0.717, 1.165) is 6.54 Å². The van der Waals surface area contributed by atoms with Gasteiger partial charge in [0.2, 0.25) is 11.8 Å². The van der Waals surface area contributed by atoms with Gasteiger partial charge in [-0.1, -0.05) is 6.92 Å². The van der Waals surface area contributed by atoms with Crippen LogP contribution in [0.4, 0.5) is 4.39 Å². The summed E-state index contributed by atoms with van der Waals surface area (Å²) < 4.78 is 18.2. The van der Waals surface area contributed by atoms with Crippen LogP contribution in [0.1, 0.15) is 19.5 Å². The summed E-state index contributed by atoms with van der Waals surface area (Å²) in [5, 5.41) is 6.05. The van der Waals surface area contributed by atoms with Crippen LogP contribution in [0.3, 0.4) is 0 Å². The number of halogens is 3. The number of oxazole rings is 1. The highest BCUT2D eigenvalue weighted by Crippen LogP contribution is 2.19. The lowest BCUT2D eigenvalue weighted by Crippen LogP contribution is -2.39. The highest BCUT2D eigenvalue weighted by molar-refractivity contribution is 5.85. The normalized spacial score (nSPS) is 11.1. The molecular formula is C16H22Cl2FN3O2. The summed E-state index contributed by atoms with van der Waals surface area (Å²) in [5.41, 5.74) is 1.22. The van der Waals surface area contributed by atoms with Crippen molar-refractivity contribution in [3.8, 4) is 11.5 Å². The maximum absolute atomic E-state index is 12.9. The number of rotatable bonds is 7. The number of benzene rings is 1. The summed E-state index contributed by atoms with van der Waals surface area (Å²) in [4.78, 5) is 16.1. The highest BCUT2D eigenvalue weighted by atomic mass is 35.5. The van der Waals surface area contributed by atoms with E-state index in [1.807, 2.05) is 13.8 Å². The topological polar surface area (TPSA) is 67.2 Å². The van der Waals surface area contributed by atoms with E-state index in [0.29, 0.717) is 23.7 Å². The van der Waals surface area contributed by atoms with E-state index in [4.69, 9.17) is 4.42 Å². The van der Waals surface area contributed by atoms with E-state index < -0.39 is 0 Å². The van der Waals surface area contributed by atoms with Gasteiger partial charge in [-0.3, -0.25) is 4.79 Å². The number of hydrogen-bond acceptors (Lipinski definition) is 4. The fourth-order valence-electron chi connectivity index (χ4n) is 2.03. The molecule has 8 heteroatoms. The Morgan fingerprint density at radius 2 is 1.96 bits per heavy atom. The molecule has 1 heterocycles. The van der Waals surface area contributed by atoms with E-state index in [1.54, 1.807) is 12.1 Å². The molecule has 0 aliphatic rings. The van der Waals surface area contributed by atoms with Crippen molar-refractivity contribution in [3.63, 3.8) is 0 Å². The van der Waals surface area contributed by atoms with Crippen LogP contribution < -0.4 is 10.6 Å². The average molecular weight is 378 g/mol. The van der Waals surface area contributed by atoms with Gasteiger partial charge in [-0.15, -0.1) is 24.8 Å². The minimum absolute atomic E-state index is 0. The number of aromatic nitrogens is 1. The predicted molar refractivity (Wildman–Crippen MR) is 96.2 cm³/mol. The maximum atomic E-state index is 12.9. The molecule has 2 rings (SSSR count). The minimum atomic E-state index is -0.315. The second-order valence-electron chi connectivity index (χ2n) is 5.09. The SMILES string of the molecule is CCN[C@H](C)CNC(=O)Cc1coc(-c2ccc(F)cc2)n1.Cl.Cl. The summed E-state index contributed by atoms with van der Waals surface area (Å²) in [6.07, 6.45) is 1.61. The van der Waals surface area contributed by atoms with Crippen LogP contribution in [-0.4, -0.2) is 30.0 Å². The molecule has 0 aliphatic heterocycles. The van der Waals surface area contributed by atoms with Crippen LogP contribution in [-0.2, 0) is 11.2 Å². The molecule has 24 heavy (non-hydrogen) atoms. The van der Waals surface area contributed by atoms with Crippen molar-refractivity contribution in [2.75, 3.05) is 13.1 Å². The zero-order chi connectivity index (χ0) is 15.9. The third kappa shape index (κ3) is 6.86. The quantitative estimate of drug-likeness (QED) is 0.778. The van der Waals surface area contributed by atoms with Crippen LogP contribution >= 0.6 is 24.8 Å². The van der Waals surface area contributed by atoms with Crippen LogP contribution in [0.15, 0.2) is 34.9 Å². The second-order valence-corrected chi connectivity index (χ2v) is 5.09. The van der Waals surface area contributed by atoms with Gasteiger partial charge >= 0.3 is 0 Å². The lowest BCUT2D eigenvalue weighted by atomic mass is 10.2. The van der Waals surface area contributed by atoms with Crippen LogP contribution in [0, 0.1) is 5.82 Å². The van der Waals surface area contributed by atoms with Gasteiger partial charge in [0.15, 0.2) is 0 Å². The van der Waals surface area contributed by atoms with Gasteiger partial charge in [0, 0.05) is 18.2 Å². The highest BCUT2D eigenvalue weighted by Gasteiger charge is 2.11. The molecule has 1 amide bonds.